The van der Waals surface area contributed by atoms with Gasteiger partial charge in [-0.05, 0) is 12.5 Å². The van der Waals surface area contributed by atoms with Crippen molar-refractivity contribution in [2.75, 3.05) is 13.6 Å². The van der Waals surface area contributed by atoms with Gasteiger partial charge in [-0.25, -0.2) is 0 Å². The number of hydrogen-bond donors (Lipinski definition) is 0. The first-order chi connectivity index (χ1) is 8.20. The van der Waals surface area contributed by atoms with Gasteiger partial charge < -0.3 is 4.90 Å². The molecule has 0 spiro atoms. The lowest BCUT2D eigenvalue weighted by Crippen LogP contribution is -2.40. The Labute approximate surface area is 103 Å². The molecule has 1 heterocycles. The smallest absolute Gasteiger partial charge is 0.237 e. The first-order valence-electron chi connectivity index (χ1n) is 6.03. The summed E-state index contributed by atoms with van der Waals surface area (Å²) >= 11 is 0. The monoisotopic (exact) mass is 232 g/mol. The van der Waals surface area contributed by atoms with Crippen LogP contribution in [0.1, 0.15) is 32.3 Å². The maximum atomic E-state index is 12.0. The van der Waals surface area contributed by atoms with Gasteiger partial charge in [-0.2, -0.15) is 0 Å². The highest BCUT2D eigenvalue weighted by atomic mass is 16.2. The molecule has 1 atom stereocenters. The van der Waals surface area contributed by atoms with Crippen LogP contribution in [0, 0.1) is 0 Å². The Morgan fingerprint density at radius 3 is 2.41 bits per heavy atom. The summed E-state index contributed by atoms with van der Waals surface area (Å²) in [5.74, 6) is 0.820. The molecule has 92 valence electrons. The van der Waals surface area contributed by atoms with Crippen LogP contribution in [0.25, 0.3) is 0 Å². The molecule has 1 aromatic rings. The van der Waals surface area contributed by atoms with Gasteiger partial charge in [0.15, 0.2) is 0 Å². The van der Waals surface area contributed by atoms with Gasteiger partial charge in [0.05, 0.1) is 12.5 Å². The lowest BCUT2D eigenvalue weighted by molar-refractivity contribution is -0.128. The third-order valence-electron chi connectivity index (χ3n) is 2.82. The number of carbonyl (C=O) groups is 1. The van der Waals surface area contributed by atoms with Gasteiger partial charge in [-0.3, -0.25) is 9.79 Å². The van der Waals surface area contributed by atoms with E-state index in [1.54, 1.807) is 11.9 Å². The minimum absolute atomic E-state index is 0.111. The van der Waals surface area contributed by atoms with Crippen LogP contribution >= 0.6 is 0 Å². The lowest BCUT2D eigenvalue weighted by atomic mass is 9.96. The van der Waals surface area contributed by atoms with Crippen LogP contribution in [-0.2, 0) is 4.79 Å². The standard InChI is InChI=1S/C12H14N2O.C2H6/c1-9-13-8-11(12(15)14(9)2)10-6-4-3-5-7-10;1-2/h3-7,11H,8H2,1-2H3;1-2H3. The number of hydrogen-bond acceptors (Lipinski definition) is 2. The molecule has 1 aliphatic rings. The fourth-order valence-corrected chi connectivity index (χ4v) is 1.73. The Morgan fingerprint density at radius 1 is 1.24 bits per heavy atom. The van der Waals surface area contributed by atoms with Crippen LogP contribution in [0.4, 0.5) is 0 Å². The number of amides is 1. The molecule has 0 saturated heterocycles. The summed E-state index contributed by atoms with van der Waals surface area (Å²) in [4.78, 5) is 17.9. The summed E-state index contributed by atoms with van der Waals surface area (Å²) in [5.41, 5.74) is 1.05. The zero-order valence-corrected chi connectivity index (χ0v) is 11.0. The zero-order chi connectivity index (χ0) is 12.8. The molecule has 3 nitrogen and oxygen atoms in total. The zero-order valence-electron chi connectivity index (χ0n) is 11.0. The summed E-state index contributed by atoms with van der Waals surface area (Å²) in [7, 11) is 1.77. The predicted octanol–water partition coefficient (Wildman–Crippen LogP) is 2.69. The summed E-state index contributed by atoms with van der Waals surface area (Å²) in [6.07, 6.45) is 0. The van der Waals surface area contributed by atoms with E-state index < -0.39 is 0 Å². The van der Waals surface area contributed by atoms with Crippen LogP contribution in [-0.4, -0.2) is 30.2 Å². The molecule has 0 saturated carbocycles. The number of nitrogens with zero attached hydrogens (tertiary/aromatic N) is 2. The van der Waals surface area contributed by atoms with E-state index in [-0.39, 0.29) is 11.8 Å². The van der Waals surface area contributed by atoms with Crippen LogP contribution in [0.2, 0.25) is 0 Å². The van der Waals surface area contributed by atoms with Crippen molar-refractivity contribution in [2.45, 2.75) is 26.7 Å². The van der Waals surface area contributed by atoms with E-state index in [0.29, 0.717) is 6.54 Å². The maximum absolute atomic E-state index is 12.0. The summed E-state index contributed by atoms with van der Waals surface area (Å²) in [6.45, 7) is 6.43. The van der Waals surface area contributed by atoms with Crippen LogP contribution in [0.15, 0.2) is 35.3 Å². The van der Waals surface area contributed by atoms with Crippen LogP contribution in [0.5, 0.6) is 0 Å². The van der Waals surface area contributed by atoms with E-state index in [4.69, 9.17) is 0 Å². The average molecular weight is 232 g/mol. The molecule has 1 unspecified atom stereocenters. The average Bonchev–Trinajstić information content (AvgIpc) is 2.40. The molecule has 17 heavy (non-hydrogen) atoms. The van der Waals surface area contributed by atoms with Crippen molar-refractivity contribution >= 4 is 11.7 Å². The van der Waals surface area contributed by atoms with Crippen molar-refractivity contribution in [2.24, 2.45) is 4.99 Å². The summed E-state index contributed by atoms with van der Waals surface area (Å²) in [5, 5.41) is 0. The lowest BCUT2D eigenvalue weighted by Gasteiger charge is -2.27. The highest BCUT2D eigenvalue weighted by Crippen LogP contribution is 2.21. The van der Waals surface area contributed by atoms with Gasteiger partial charge >= 0.3 is 0 Å². The van der Waals surface area contributed by atoms with Crippen molar-refractivity contribution in [3.05, 3.63) is 35.9 Å². The number of aliphatic imine (C=N–C) groups is 1. The van der Waals surface area contributed by atoms with Gasteiger partial charge in [0, 0.05) is 7.05 Å². The molecule has 0 aliphatic carbocycles. The number of carbonyl (C=O) groups excluding carboxylic acids is 1. The molecule has 0 fully saturated rings. The van der Waals surface area contributed by atoms with Gasteiger partial charge in [0.1, 0.15) is 5.84 Å². The quantitative estimate of drug-likeness (QED) is 0.732. The number of rotatable bonds is 1. The third-order valence-corrected chi connectivity index (χ3v) is 2.82. The van der Waals surface area contributed by atoms with Gasteiger partial charge in [0.2, 0.25) is 5.91 Å². The van der Waals surface area contributed by atoms with E-state index in [1.165, 1.54) is 0 Å². The van der Waals surface area contributed by atoms with Crippen molar-refractivity contribution in [3.63, 3.8) is 0 Å². The number of benzene rings is 1. The molecule has 1 aliphatic heterocycles. The molecular weight excluding hydrogens is 212 g/mol. The molecule has 0 N–H and O–H groups in total. The topological polar surface area (TPSA) is 32.7 Å². The first kappa shape index (κ1) is 13.4. The molecule has 2 rings (SSSR count). The predicted molar refractivity (Wildman–Crippen MR) is 71.3 cm³/mol. The van der Waals surface area contributed by atoms with E-state index in [9.17, 15) is 4.79 Å². The normalized spacial score (nSPS) is 19.3. The van der Waals surface area contributed by atoms with Gasteiger partial charge in [-0.15, -0.1) is 0 Å². The number of likely N-dealkylation sites (N-methyl/N-ethyl adjacent to an activating group) is 1. The minimum atomic E-state index is -0.111. The van der Waals surface area contributed by atoms with Crippen LogP contribution in [0.3, 0.4) is 0 Å². The van der Waals surface area contributed by atoms with Gasteiger partial charge in [-0.1, -0.05) is 44.2 Å². The van der Waals surface area contributed by atoms with Crippen LogP contribution < -0.4 is 0 Å². The molecule has 0 bridgehead atoms. The number of amidine groups is 1. The fraction of sp³-hybridized carbons (Fsp3) is 0.429. The van der Waals surface area contributed by atoms with E-state index in [0.717, 1.165) is 11.4 Å². The van der Waals surface area contributed by atoms with E-state index >= 15 is 0 Å². The maximum Gasteiger partial charge on any atom is 0.237 e. The molecule has 3 heteroatoms. The second-order valence-corrected chi connectivity index (χ2v) is 3.75. The Bertz CT molecular complexity index is 398. The minimum Gasteiger partial charge on any atom is -0.303 e. The largest absolute Gasteiger partial charge is 0.303 e. The third kappa shape index (κ3) is 2.93. The van der Waals surface area contributed by atoms with Crippen molar-refractivity contribution in [3.8, 4) is 0 Å². The second kappa shape index (κ2) is 6.18. The molecule has 1 aromatic carbocycles. The molecule has 1 amide bonds. The van der Waals surface area contributed by atoms with E-state index in [2.05, 4.69) is 4.99 Å². The Morgan fingerprint density at radius 2 is 1.82 bits per heavy atom. The Kier molecular flexibility index (Phi) is 4.88. The SMILES string of the molecule is CC.CC1=NCC(c2ccccc2)C(=O)N1C. The molecule has 0 aromatic heterocycles. The highest BCUT2D eigenvalue weighted by Gasteiger charge is 2.28. The summed E-state index contributed by atoms with van der Waals surface area (Å²) in [6, 6.07) is 9.82. The molecule has 0 radical (unpaired) electrons. The van der Waals surface area contributed by atoms with Crippen molar-refractivity contribution in [1.29, 1.82) is 0 Å². The first-order valence-corrected chi connectivity index (χ1v) is 6.03. The van der Waals surface area contributed by atoms with Gasteiger partial charge in [0.25, 0.3) is 0 Å². The van der Waals surface area contributed by atoms with Crippen molar-refractivity contribution in [1.82, 2.24) is 4.90 Å². The Hall–Kier alpha value is -1.64. The van der Waals surface area contributed by atoms with Crippen molar-refractivity contribution < 1.29 is 4.79 Å². The van der Waals surface area contributed by atoms with E-state index in [1.807, 2.05) is 51.1 Å². The highest BCUT2D eigenvalue weighted by molar-refractivity contribution is 6.01. The fourth-order valence-electron chi connectivity index (χ4n) is 1.73. The summed E-state index contributed by atoms with van der Waals surface area (Å²) < 4.78 is 0. The second-order valence-electron chi connectivity index (χ2n) is 3.75. The Balaban J connectivity index is 0.000000686. The molecular formula is C14H20N2O.